The molecule has 0 saturated heterocycles. The molecular formula is C6H4BrCl3INO. The van der Waals surface area contributed by atoms with E-state index in [1.54, 1.807) is 6.07 Å². The van der Waals surface area contributed by atoms with Crippen LogP contribution in [-0.2, 0) is 0 Å². The lowest BCUT2D eigenvalue weighted by molar-refractivity contribution is 0.178. The molecule has 0 amide bonds. The Kier molecular flexibility index (Phi) is 4.24. The van der Waals surface area contributed by atoms with Crippen LogP contribution in [0.15, 0.2) is 10.5 Å². The quantitative estimate of drug-likeness (QED) is 0.528. The van der Waals surface area contributed by atoms with Gasteiger partial charge < -0.3 is 10.1 Å². The first-order valence-corrected chi connectivity index (χ1v) is 6.11. The SMILES string of the molecule is OC(c1cc(Br)c(I)[nH]1)C(Cl)(Cl)Cl. The van der Waals surface area contributed by atoms with Gasteiger partial charge in [0.1, 0.15) is 6.10 Å². The second-order valence-electron chi connectivity index (χ2n) is 2.33. The average molecular weight is 419 g/mol. The van der Waals surface area contributed by atoms with Gasteiger partial charge in [-0.05, 0) is 44.6 Å². The molecule has 0 aromatic carbocycles. The number of aromatic amines is 1. The lowest BCUT2D eigenvalue weighted by Crippen LogP contribution is -2.16. The second-order valence-corrected chi connectivity index (χ2v) is 6.63. The highest BCUT2D eigenvalue weighted by atomic mass is 127. The van der Waals surface area contributed by atoms with Gasteiger partial charge >= 0.3 is 0 Å². The van der Waals surface area contributed by atoms with E-state index in [1.807, 2.05) is 0 Å². The number of aliphatic hydroxyl groups excluding tert-OH is 1. The minimum Gasteiger partial charge on any atom is -0.382 e. The number of aliphatic hydroxyl groups is 1. The normalized spacial score (nSPS) is 14.6. The zero-order valence-electron chi connectivity index (χ0n) is 5.99. The number of alkyl halides is 3. The molecule has 1 rings (SSSR count). The Balaban J connectivity index is 2.96. The van der Waals surface area contributed by atoms with Crippen molar-refractivity contribution in [2.24, 2.45) is 0 Å². The van der Waals surface area contributed by atoms with Crippen LogP contribution in [0.25, 0.3) is 0 Å². The smallest absolute Gasteiger partial charge is 0.221 e. The molecule has 0 radical (unpaired) electrons. The summed E-state index contributed by atoms with van der Waals surface area (Å²) in [5, 5.41) is 9.54. The molecule has 2 N–H and O–H groups in total. The van der Waals surface area contributed by atoms with Crippen molar-refractivity contribution >= 4 is 73.3 Å². The first-order valence-electron chi connectivity index (χ1n) is 3.11. The zero-order valence-corrected chi connectivity index (χ0v) is 12.0. The summed E-state index contributed by atoms with van der Waals surface area (Å²) in [5.41, 5.74) is 0.469. The van der Waals surface area contributed by atoms with Gasteiger partial charge in [-0.25, -0.2) is 0 Å². The molecule has 0 bridgehead atoms. The average Bonchev–Trinajstić information content (AvgIpc) is 2.29. The van der Waals surface area contributed by atoms with Gasteiger partial charge in [-0.2, -0.15) is 0 Å². The highest BCUT2D eigenvalue weighted by Gasteiger charge is 2.33. The van der Waals surface area contributed by atoms with E-state index in [0.29, 0.717) is 5.69 Å². The molecule has 1 heterocycles. The van der Waals surface area contributed by atoms with E-state index in [2.05, 4.69) is 43.5 Å². The van der Waals surface area contributed by atoms with Gasteiger partial charge in [0.15, 0.2) is 0 Å². The number of halogens is 5. The van der Waals surface area contributed by atoms with Crippen LogP contribution in [0.4, 0.5) is 0 Å². The van der Waals surface area contributed by atoms with E-state index in [9.17, 15) is 5.11 Å². The number of rotatable bonds is 1. The lowest BCUT2D eigenvalue weighted by Gasteiger charge is -2.17. The van der Waals surface area contributed by atoms with Gasteiger partial charge in [-0.1, -0.05) is 34.8 Å². The molecule has 0 fully saturated rings. The largest absolute Gasteiger partial charge is 0.382 e. The van der Waals surface area contributed by atoms with Crippen LogP contribution in [0.2, 0.25) is 0 Å². The molecule has 7 heteroatoms. The number of nitrogens with one attached hydrogen (secondary N) is 1. The monoisotopic (exact) mass is 417 g/mol. The van der Waals surface area contributed by atoms with Crippen molar-refractivity contribution in [2.75, 3.05) is 0 Å². The van der Waals surface area contributed by atoms with Gasteiger partial charge in [0.2, 0.25) is 3.79 Å². The molecular weight excluding hydrogens is 415 g/mol. The van der Waals surface area contributed by atoms with Crippen molar-refractivity contribution in [2.45, 2.75) is 9.90 Å². The van der Waals surface area contributed by atoms with Crippen LogP contribution in [0.3, 0.4) is 0 Å². The molecule has 1 atom stereocenters. The molecule has 1 aromatic rings. The standard InChI is InChI=1S/C6H4BrCl3INO/c7-2-1-3(12-5(2)11)4(13)6(8,9)10/h1,4,12-13H. The Morgan fingerprint density at radius 2 is 2.08 bits per heavy atom. The van der Waals surface area contributed by atoms with E-state index in [0.717, 1.165) is 8.17 Å². The van der Waals surface area contributed by atoms with Crippen molar-refractivity contribution in [1.82, 2.24) is 4.98 Å². The summed E-state index contributed by atoms with van der Waals surface area (Å²) in [6, 6.07) is 1.67. The lowest BCUT2D eigenvalue weighted by atomic mass is 10.3. The van der Waals surface area contributed by atoms with Crippen molar-refractivity contribution in [3.05, 3.63) is 19.9 Å². The third kappa shape index (κ3) is 3.14. The predicted octanol–water partition coefficient (Wildman–Crippen LogP) is 3.79. The molecule has 74 valence electrons. The maximum Gasteiger partial charge on any atom is 0.221 e. The molecule has 0 spiro atoms. The number of aromatic nitrogens is 1. The first-order chi connectivity index (χ1) is 5.82. The van der Waals surface area contributed by atoms with Crippen molar-refractivity contribution in [3.8, 4) is 0 Å². The molecule has 0 aliphatic rings. The number of hydrogen-bond acceptors (Lipinski definition) is 1. The molecule has 1 unspecified atom stereocenters. The summed E-state index contributed by atoms with van der Waals surface area (Å²) >= 11 is 21.9. The summed E-state index contributed by atoms with van der Waals surface area (Å²) in [6.45, 7) is 0. The second kappa shape index (κ2) is 4.45. The fourth-order valence-electron chi connectivity index (χ4n) is 0.746. The van der Waals surface area contributed by atoms with Crippen LogP contribution in [0.1, 0.15) is 11.8 Å². The summed E-state index contributed by atoms with van der Waals surface area (Å²) in [5.74, 6) is 0. The molecule has 2 nitrogen and oxygen atoms in total. The van der Waals surface area contributed by atoms with Crippen LogP contribution >= 0.6 is 73.3 Å². The Labute approximate surface area is 112 Å². The Bertz CT molecular complexity index is 292. The Morgan fingerprint density at radius 3 is 2.38 bits per heavy atom. The van der Waals surface area contributed by atoms with E-state index < -0.39 is 9.90 Å². The van der Waals surface area contributed by atoms with Gasteiger partial charge in [-0.3, -0.25) is 0 Å². The van der Waals surface area contributed by atoms with E-state index in [4.69, 9.17) is 34.8 Å². The van der Waals surface area contributed by atoms with Crippen LogP contribution < -0.4 is 0 Å². The van der Waals surface area contributed by atoms with Crippen molar-refractivity contribution in [3.63, 3.8) is 0 Å². The fraction of sp³-hybridized carbons (Fsp3) is 0.333. The van der Waals surface area contributed by atoms with E-state index in [-0.39, 0.29) is 0 Å². The number of H-pyrrole nitrogens is 1. The molecule has 1 aromatic heterocycles. The third-order valence-corrected chi connectivity index (χ3v) is 4.19. The Morgan fingerprint density at radius 1 is 1.54 bits per heavy atom. The van der Waals surface area contributed by atoms with Crippen LogP contribution in [-0.4, -0.2) is 13.9 Å². The zero-order chi connectivity index (χ0) is 10.2. The number of hydrogen-bond donors (Lipinski definition) is 2. The molecule has 0 aliphatic carbocycles. The molecule has 0 aliphatic heterocycles. The minimum atomic E-state index is -1.71. The minimum absolute atomic E-state index is 0.469. The molecule has 0 saturated carbocycles. The van der Waals surface area contributed by atoms with Gasteiger partial charge in [0.25, 0.3) is 0 Å². The van der Waals surface area contributed by atoms with E-state index >= 15 is 0 Å². The fourth-order valence-corrected chi connectivity index (χ4v) is 1.91. The Hall–Kier alpha value is 1.32. The van der Waals surface area contributed by atoms with Gasteiger partial charge in [0, 0.05) is 4.47 Å². The van der Waals surface area contributed by atoms with Crippen molar-refractivity contribution < 1.29 is 5.11 Å². The van der Waals surface area contributed by atoms with Crippen LogP contribution in [0, 0.1) is 3.70 Å². The molecule has 13 heavy (non-hydrogen) atoms. The van der Waals surface area contributed by atoms with Gasteiger partial charge in [-0.15, -0.1) is 0 Å². The summed E-state index contributed by atoms with van der Waals surface area (Å²) in [4.78, 5) is 2.89. The summed E-state index contributed by atoms with van der Waals surface area (Å²) in [6.07, 6.45) is -1.16. The summed E-state index contributed by atoms with van der Waals surface area (Å²) in [7, 11) is 0. The topological polar surface area (TPSA) is 36.0 Å². The maximum absolute atomic E-state index is 9.54. The highest BCUT2D eigenvalue weighted by molar-refractivity contribution is 14.1. The summed E-state index contributed by atoms with van der Waals surface area (Å²) < 4.78 is -0.0369. The van der Waals surface area contributed by atoms with E-state index in [1.165, 1.54) is 0 Å². The van der Waals surface area contributed by atoms with Crippen LogP contribution in [0.5, 0.6) is 0 Å². The highest BCUT2D eigenvalue weighted by Crippen LogP contribution is 2.40. The van der Waals surface area contributed by atoms with Crippen molar-refractivity contribution in [1.29, 1.82) is 0 Å². The first kappa shape index (κ1) is 12.4. The third-order valence-electron chi connectivity index (χ3n) is 1.35. The predicted molar refractivity (Wildman–Crippen MR) is 66.5 cm³/mol. The maximum atomic E-state index is 9.54. The van der Waals surface area contributed by atoms with Gasteiger partial charge in [0.05, 0.1) is 9.39 Å².